The Hall–Kier alpha value is -2.02. The molecule has 0 bridgehead atoms. The SMILES string of the molecule is CC(C)COC(=O)Sc1ccccc1C(=O)N[C@H](C)C(N)=O. The molecule has 0 fully saturated rings. The summed E-state index contributed by atoms with van der Waals surface area (Å²) in [6.45, 7) is 5.68. The molecule has 0 saturated carbocycles. The smallest absolute Gasteiger partial charge is 0.372 e. The average Bonchev–Trinajstić information content (AvgIpc) is 2.45. The highest BCUT2D eigenvalue weighted by Crippen LogP contribution is 2.24. The number of hydrogen-bond donors (Lipinski definition) is 2. The first kappa shape index (κ1) is 18.0. The van der Waals surface area contributed by atoms with Crippen molar-refractivity contribution in [2.24, 2.45) is 11.7 Å². The Labute approximate surface area is 133 Å². The molecule has 0 radical (unpaired) electrons. The predicted octanol–water partition coefficient (Wildman–Crippen LogP) is 2.17. The Balaban J connectivity index is 2.79. The molecule has 6 nitrogen and oxygen atoms in total. The number of carbonyl (C=O) groups excluding carboxylic acids is 3. The second-order valence-corrected chi connectivity index (χ2v) is 6.13. The molecule has 0 aromatic heterocycles. The quantitative estimate of drug-likeness (QED) is 0.617. The van der Waals surface area contributed by atoms with Crippen LogP contribution in [0.2, 0.25) is 0 Å². The van der Waals surface area contributed by atoms with Crippen molar-refractivity contribution in [2.75, 3.05) is 6.61 Å². The number of hydrogen-bond acceptors (Lipinski definition) is 5. The Kier molecular flexibility index (Phi) is 6.91. The van der Waals surface area contributed by atoms with Crippen LogP contribution in [0.25, 0.3) is 0 Å². The fraction of sp³-hybridized carbons (Fsp3) is 0.400. The summed E-state index contributed by atoms with van der Waals surface area (Å²) in [6.07, 6.45) is 0. The minimum absolute atomic E-state index is 0.236. The normalized spacial score (nSPS) is 11.8. The van der Waals surface area contributed by atoms with E-state index in [1.807, 2.05) is 13.8 Å². The van der Waals surface area contributed by atoms with Gasteiger partial charge in [0.05, 0.1) is 12.2 Å². The van der Waals surface area contributed by atoms with Gasteiger partial charge in [0.25, 0.3) is 5.91 Å². The molecular formula is C15H20N2O4S. The molecule has 0 heterocycles. The first-order valence-corrected chi connectivity index (χ1v) is 7.66. The zero-order valence-electron chi connectivity index (χ0n) is 12.8. The van der Waals surface area contributed by atoms with Crippen LogP contribution >= 0.6 is 11.8 Å². The van der Waals surface area contributed by atoms with Crippen molar-refractivity contribution in [1.82, 2.24) is 5.32 Å². The zero-order valence-corrected chi connectivity index (χ0v) is 13.6. The van der Waals surface area contributed by atoms with Gasteiger partial charge in [0.2, 0.25) is 5.91 Å². The van der Waals surface area contributed by atoms with Crippen molar-refractivity contribution < 1.29 is 19.1 Å². The van der Waals surface area contributed by atoms with Crippen LogP contribution in [0.4, 0.5) is 4.79 Å². The number of amides is 2. The second kappa shape index (κ2) is 8.43. The zero-order chi connectivity index (χ0) is 16.7. The lowest BCUT2D eigenvalue weighted by atomic mass is 10.2. The van der Waals surface area contributed by atoms with Gasteiger partial charge >= 0.3 is 5.30 Å². The summed E-state index contributed by atoms with van der Waals surface area (Å²) in [5.74, 6) is -0.861. The molecule has 0 aliphatic rings. The lowest BCUT2D eigenvalue weighted by molar-refractivity contribution is -0.119. The largest absolute Gasteiger partial charge is 0.457 e. The van der Waals surface area contributed by atoms with Crippen LogP contribution in [-0.2, 0) is 9.53 Å². The molecule has 0 spiro atoms. The number of carbonyl (C=O) groups is 3. The highest BCUT2D eigenvalue weighted by Gasteiger charge is 2.18. The number of nitrogens with one attached hydrogen (secondary N) is 1. The lowest BCUT2D eigenvalue weighted by Crippen LogP contribution is -2.42. The summed E-state index contributed by atoms with van der Waals surface area (Å²) in [7, 11) is 0. The van der Waals surface area contributed by atoms with Crippen molar-refractivity contribution in [1.29, 1.82) is 0 Å². The van der Waals surface area contributed by atoms with E-state index in [0.29, 0.717) is 17.1 Å². The Morgan fingerprint density at radius 1 is 1.23 bits per heavy atom. The van der Waals surface area contributed by atoms with E-state index >= 15 is 0 Å². The van der Waals surface area contributed by atoms with Crippen molar-refractivity contribution >= 4 is 28.9 Å². The second-order valence-electron chi connectivity index (χ2n) is 5.15. The Morgan fingerprint density at radius 2 is 1.86 bits per heavy atom. The maximum Gasteiger partial charge on any atom is 0.372 e. The summed E-state index contributed by atoms with van der Waals surface area (Å²) in [6, 6.07) is 5.81. The van der Waals surface area contributed by atoms with Gasteiger partial charge in [-0.15, -0.1) is 0 Å². The molecule has 3 N–H and O–H groups in total. The van der Waals surface area contributed by atoms with Gasteiger partial charge < -0.3 is 15.8 Å². The van der Waals surface area contributed by atoms with Gasteiger partial charge in [-0.1, -0.05) is 26.0 Å². The van der Waals surface area contributed by atoms with E-state index in [9.17, 15) is 14.4 Å². The number of rotatable bonds is 6. The molecule has 1 aromatic carbocycles. The molecule has 120 valence electrons. The number of ether oxygens (including phenoxy) is 1. The van der Waals surface area contributed by atoms with Crippen molar-refractivity contribution in [2.45, 2.75) is 31.7 Å². The van der Waals surface area contributed by atoms with Crippen LogP contribution < -0.4 is 11.1 Å². The van der Waals surface area contributed by atoms with Gasteiger partial charge in [0.15, 0.2) is 0 Å². The van der Waals surface area contributed by atoms with Crippen molar-refractivity contribution in [3.63, 3.8) is 0 Å². The maximum absolute atomic E-state index is 12.1. The minimum Gasteiger partial charge on any atom is -0.457 e. The van der Waals surface area contributed by atoms with E-state index in [4.69, 9.17) is 10.5 Å². The van der Waals surface area contributed by atoms with Crippen LogP contribution in [0.5, 0.6) is 0 Å². The van der Waals surface area contributed by atoms with E-state index in [0.717, 1.165) is 11.8 Å². The van der Waals surface area contributed by atoms with Crippen LogP contribution in [0.1, 0.15) is 31.1 Å². The van der Waals surface area contributed by atoms with Crippen LogP contribution in [0.15, 0.2) is 29.2 Å². The first-order chi connectivity index (χ1) is 10.3. The molecule has 1 atom stereocenters. The van der Waals surface area contributed by atoms with Crippen molar-refractivity contribution in [3.8, 4) is 0 Å². The molecule has 0 unspecified atom stereocenters. The number of benzene rings is 1. The van der Waals surface area contributed by atoms with Gasteiger partial charge in [0, 0.05) is 4.90 Å². The van der Waals surface area contributed by atoms with E-state index in [-0.39, 0.29) is 5.92 Å². The first-order valence-electron chi connectivity index (χ1n) is 6.85. The van der Waals surface area contributed by atoms with E-state index < -0.39 is 23.2 Å². The van der Waals surface area contributed by atoms with Gasteiger partial charge in [-0.25, -0.2) is 4.79 Å². The molecule has 22 heavy (non-hydrogen) atoms. The molecule has 1 aromatic rings. The average molecular weight is 324 g/mol. The third-order valence-electron chi connectivity index (χ3n) is 2.63. The van der Waals surface area contributed by atoms with Gasteiger partial charge in [-0.2, -0.15) is 0 Å². The lowest BCUT2D eigenvalue weighted by Gasteiger charge is -2.13. The maximum atomic E-state index is 12.1. The molecule has 7 heteroatoms. The number of primary amides is 1. The molecule has 0 aliphatic heterocycles. The summed E-state index contributed by atoms with van der Waals surface area (Å²) >= 11 is 0.838. The molecule has 1 rings (SSSR count). The molecular weight excluding hydrogens is 304 g/mol. The molecule has 0 saturated heterocycles. The summed E-state index contributed by atoms with van der Waals surface area (Å²) in [5.41, 5.74) is 5.41. The van der Waals surface area contributed by atoms with Crippen LogP contribution in [0.3, 0.4) is 0 Å². The number of nitrogens with two attached hydrogens (primary N) is 1. The fourth-order valence-corrected chi connectivity index (χ4v) is 2.17. The highest BCUT2D eigenvalue weighted by molar-refractivity contribution is 8.13. The topological polar surface area (TPSA) is 98.5 Å². The Bertz CT molecular complexity index is 560. The fourth-order valence-electron chi connectivity index (χ4n) is 1.44. The standard InChI is InChI=1S/C15H20N2O4S/c1-9(2)8-21-15(20)22-12-7-5-4-6-11(12)14(19)17-10(3)13(16)18/h4-7,9-10H,8H2,1-3H3,(H2,16,18)(H,17,19)/t10-/m1/s1. The summed E-state index contributed by atoms with van der Waals surface area (Å²) in [4.78, 5) is 35.4. The highest BCUT2D eigenvalue weighted by atomic mass is 32.2. The number of thioether (sulfide) groups is 1. The minimum atomic E-state index is -0.793. The van der Waals surface area contributed by atoms with E-state index in [2.05, 4.69) is 5.32 Å². The molecule has 0 aliphatic carbocycles. The third kappa shape index (κ3) is 5.77. The van der Waals surface area contributed by atoms with Crippen LogP contribution in [0, 0.1) is 5.92 Å². The monoisotopic (exact) mass is 324 g/mol. The Morgan fingerprint density at radius 3 is 2.45 bits per heavy atom. The molecule has 2 amide bonds. The van der Waals surface area contributed by atoms with Gasteiger partial charge in [0.1, 0.15) is 6.04 Å². The van der Waals surface area contributed by atoms with Gasteiger partial charge in [-0.05, 0) is 36.7 Å². The van der Waals surface area contributed by atoms with E-state index in [1.54, 1.807) is 24.3 Å². The third-order valence-corrected chi connectivity index (χ3v) is 3.49. The predicted molar refractivity (Wildman–Crippen MR) is 84.6 cm³/mol. The summed E-state index contributed by atoms with van der Waals surface area (Å²) in [5, 5.41) is 2.01. The van der Waals surface area contributed by atoms with Gasteiger partial charge in [-0.3, -0.25) is 9.59 Å². The van der Waals surface area contributed by atoms with Crippen LogP contribution in [-0.4, -0.2) is 29.8 Å². The van der Waals surface area contributed by atoms with Crippen molar-refractivity contribution in [3.05, 3.63) is 29.8 Å². The van der Waals surface area contributed by atoms with E-state index in [1.165, 1.54) is 6.92 Å². The summed E-state index contributed by atoms with van der Waals surface area (Å²) < 4.78 is 5.08.